The van der Waals surface area contributed by atoms with Crippen LogP contribution in [0.3, 0.4) is 0 Å². The molecule has 111 heavy (non-hydrogen) atoms. The topological polar surface area (TPSA) is 169 Å². The van der Waals surface area contributed by atoms with Gasteiger partial charge in [-0.3, -0.25) is 28.4 Å². The molecule has 7 aromatic heterocycles. The Morgan fingerprint density at radius 1 is 0.559 bits per heavy atom. The highest BCUT2D eigenvalue weighted by molar-refractivity contribution is 7.10. The van der Waals surface area contributed by atoms with E-state index in [0.717, 1.165) is 78.8 Å². The quantitative estimate of drug-likeness (QED) is 0.123. The third-order valence-electron chi connectivity index (χ3n) is 17.9. The van der Waals surface area contributed by atoms with Gasteiger partial charge >= 0.3 is 0 Å². The fourth-order valence-electron chi connectivity index (χ4n) is 10.7. The van der Waals surface area contributed by atoms with E-state index in [9.17, 15) is 14.4 Å². The average Bonchev–Trinajstić information content (AvgIpc) is 1.83. The summed E-state index contributed by atoms with van der Waals surface area (Å²) < 4.78 is 14.0. The monoisotopic (exact) mass is 1550 g/mol. The molecule has 1 fully saturated rings. The first-order chi connectivity index (χ1) is 50.7. The zero-order chi connectivity index (χ0) is 85.7. The third-order valence-corrected chi connectivity index (χ3v) is 19.3. The average molecular weight is 1550 g/mol. The van der Waals surface area contributed by atoms with Gasteiger partial charge in [-0.25, -0.2) is 15.0 Å². The van der Waals surface area contributed by atoms with Crippen LogP contribution in [0.4, 0.5) is 0 Å². The molecule has 1 aliphatic heterocycles. The number of nitrogens with zero attached hydrogens (tertiary/aromatic N) is 13. The highest BCUT2D eigenvalue weighted by Gasteiger charge is 2.34. The summed E-state index contributed by atoms with van der Waals surface area (Å²) in [4.78, 5) is 48.0. The number of aryl methyl sites for hydroxylation is 1. The lowest BCUT2D eigenvalue weighted by Crippen LogP contribution is -2.29. The van der Waals surface area contributed by atoms with Crippen molar-refractivity contribution in [1.82, 2.24) is 62.7 Å². The van der Waals surface area contributed by atoms with Crippen molar-refractivity contribution in [2.75, 3.05) is 13.1 Å². The number of aromatic nitrogens is 12. The molecule has 3 unspecified atom stereocenters. The molecule has 18 heteroatoms. The normalized spacial score (nSPS) is 15.6. The largest absolute Gasteiger partial charge is 0.339 e. The maximum atomic E-state index is 11.4. The van der Waals surface area contributed by atoms with Crippen LogP contribution in [0.5, 0.6) is 0 Å². The number of likely N-dealkylation sites (tertiary alicyclic amines) is 1. The van der Waals surface area contributed by atoms with Crippen molar-refractivity contribution in [3.05, 3.63) is 173 Å². The number of imidazole rings is 2. The predicted molar refractivity (Wildman–Crippen MR) is 471 cm³/mol. The molecule has 1 amide bonds. The van der Waals surface area contributed by atoms with Gasteiger partial charge in [-0.1, -0.05) is 136 Å². The van der Waals surface area contributed by atoms with Crippen molar-refractivity contribution in [3.63, 3.8) is 0 Å². The molecule has 8 heterocycles. The van der Waals surface area contributed by atoms with Crippen LogP contribution in [-0.2, 0) is 52.9 Å². The van der Waals surface area contributed by atoms with Crippen LogP contribution < -0.4 is 0 Å². The second-order valence-corrected chi connectivity index (χ2v) is 39.5. The van der Waals surface area contributed by atoms with Gasteiger partial charge in [-0.15, -0.1) is 37.0 Å². The summed E-state index contributed by atoms with van der Waals surface area (Å²) in [7, 11) is 0. The summed E-state index contributed by atoms with van der Waals surface area (Å²) in [6, 6.07) is 5.81. The molecule has 0 spiro atoms. The van der Waals surface area contributed by atoms with E-state index >= 15 is 0 Å². The van der Waals surface area contributed by atoms with Gasteiger partial charge in [0.25, 0.3) is 0 Å². The van der Waals surface area contributed by atoms with Crippen molar-refractivity contribution in [3.8, 4) is 49.4 Å². The molecule has 7 aromatic rings. The summed E-state index contributed by atoms with van der Waals surface area (Å²) in [5, 5.41) is 17.6. The molecular formula is C93H139N13O3S2. The number of terminal acetylenes is 4. The van der Waals surface area contributed by atoms with Crippen LogP contribution >= 0.6 is 22.9 Å². The second kappa shape index (κ2) is 43.2. The molecule has 1 saturated heterocycles. The molecule has 2 aliphatic carbocycles. The molecule has 0 radical (unpaired) electrons. The minimum absolute atomic E-state index is 0.0229. The first-order valence-electron chi connectivity index (χ1n) is 38.3. The maximum Gasteiger partial charge on any atom is 0.245 e. The molecule has 3 atom stereocenters. The predicted octanol–water partition coefficient (Wildman–Crippen LogP) is 21.8. The minimum atomic E-state index is 0.0229. The van der Waals surface area contributed by atoms with Crippen LogP contribution in [0.15, 0.2) is 122 Å². The van der Waals surface area contributed by atoms with Crippen LogP contribution in [0.2, 0.25) is 0 Å². The SMILES string of the molecule is C#Cc1ccn(C(C)(C)C)n1.C#Cc1nc(C(C)(C)C)cs1.C#Cc1nccn1C(C)(C)C.C#Cc1nscc1C(C)(C)C.C=CC(=O)N1CCC(C(C)(C)C)C1.C=Cc1ccn(C(C)(C)C)n1.C=Cc1nccn1C(C)(C)C.CC(C)(C)C1CC=CC(=O)C1.CC(C)(C)C1CCC=CC1=O.Cc1ccn(C(C)(C)C)n1. The molecule has 16 nitrogen and oxygen atoms in total. The third kappa shape index (κ3) is 36.4. The smallest absolute Gasteiger partial charge is 0.245 e. The molecule has 0 aromatic carbocycles. The van der Waals surface area contributed by atoms with E-state index < -0.39 is 0 Å². The Morgan fingerprint density at radius 3 is 1.42 bits per heavy atom. The highest BCUT2D eigenvalue weighted by Crippen LogP contribution is 2.36. The van der Waals surface area contributed by atoms with Gasteiger partial charge in [0.05, 0.1) is 33.7 Å². The lowest BCUT2D eigenvalue weighted by molar-refractivity contribution is -0.125. The number of carbonyl (C=O) groups excluding carboxylic acids is 3. The molecule has 3 aliphatic rings. The second-order valence-electron chi connectivity index (χ2n) is 38.0. The van der Waals surface area contributed by atoms with Gasteiger partial charge < -0.3 is 14.0 Å². The molecule has 0 saturated carbocycles. The van der Waals surface area contributed by atoms with Gasteiger partial charge in [0, 0.05) is 102 Å². The fourth-order valence-corrected chi connectivity index (χ4v) is 12.4. The van der Waals surface area contributed by atoms with Gasteiger partial charge in [-0.05, 0) is 254 Å². The molecule has 0 bridgehead atoms. The highest BCUT2D eigenvalue weighted by atomic mass is 32.1. The van der Waals surface area contributed by atoms with Crippen molar-refractivity contribution < 1.29 is 14.4 Å². The van der Waals surface area contributed by atoms with Gasteiger partial charge in [0.15, 0.2) is 22.4 Å². The van der Waals surface area contributed by atoms with E-state index in [4.69, 9.17) is 25.7 Å². The van der Waals surface area contributed by atoms with Gasteiger partial charge in [-0.2, -0.15) is 19.7 Å². The number of hydrogen-bond acceptors (Lipinski definition) is 12. The number of rotatable bonds is 3. The number of carbonyl (C=O) groups is 3. The Kier molecular flexibility index (Phi) is 38.9. The fraction of sp³-hybridized carbons (Fsp3) is 0.548. The van der Waals surface area contributed by atoms with Crippen LogP contribution in [0.25, 0.3) is 12.2 Å². The summed E-state index contributed by atoms with van der Waals surface area (Å²) in [5.41, 5.74) is 7.06. The Hall–Kier alpha value is -8.94. The van der Waals surface area contributed by atoms with E-state index in [2.05, 4.69) is 290 Å². The van der Waals surface area contributed by atoms with Crippen molar-refractivity contribution >= 4 is 52.5 Å². The molecule has 10 rings (SSSR count). The zero-order valence-electron chi connectivity index (χ0n) is 73.9. The van der Waals surface area contributed by atoms with E-state index in [1.54, 1.807) is 36.7 Å². The Morgan fingerprint density at radius 2 is 1.10 bits per heavy atom. The standard InChI is InChI=1S/C11H19NO.2C10H16O.C9H14N2.C9H12N2.C9H14N2.C9H12N2.2C9H11NS.C8H14N2/c1-5-10(13)12-7-6-9(8-12)11(2,3)4;1-10(2,3)8-5-4-6-9(11)7-8;1-10(2,3)8-6-4-5-7-9(8)11;2*1-5-8-10-6-7-11(8)9(2,3)4;2*1-5-8-6-7-11(10-8)9(2,3)4;1-5-8-10-7(6-11-8)9(2,3)4;1-5-8-7(6-11-10-8)9(2,3)4;1-7-5-6-10(9-7)8(2,3)4/h5,9H,1,6-8H2,2-4H3;4,6,8H,5,7H2,1-3H3;5,7-8H,4,6H2,1-3H3;5-7H,1H2,2-4H3;1,6-7H,2-4H3;5-7H,1H2,2-4H3;1,6-7H,2-4H3;2*1,6H,2-4H3;5-6H,1-4H3. The van der Waals surface area contributed by atoms with Crippen molar-refractivity contribution in [2.45, 2.75) is 285 Å². The van der Waals surface area contributed by atoms with E-state index in [-0.39, 0.29) is 67.0 Å². The number of ketones is 2. The lowest BCUT2D eigenvalue weighted by Gasteiger charge is -2.30. The number of amides is 1. The Labute approximate surface area is 680 Å². The van der Waals surface area contributed by atoms with E-state index in [0.29, 0.717) is 34.6 Å². The van der Waals surface area contributed by atoms with Crippen LogP contribution in [0, 0.1) is 90.3 Å². The van der Waals surface area contributed by atoms with Crippen molar-refractivity contribution in [2.24, 2.45) is 34.0 Å². The minimum Gasteiger partial charge on any atom is -0.339 e. The number of allylic oxidation sites excluding steroid dienone is 4. The first-order valence-corrected chi connectivity index (χ1v) is 40.0. The molecular weight excluding hydrogens is 1410 g/mol. The van der Waals surface area contributed by atoms with E-state index in [1.807, 2.05) is 103 Å². The molecule has 606 valence electrons. The number of hydrogen-bond donors (Lipinski definition) is 0. The van der Waals surface area contributed by atoms with Gasteiger partial charge in [0.2, 0.25) is 5.91 Å². The number of thiazole rings is 1. The summed E-state index contributed by atoms with van der Waals surface area (Å²) in [5.74, 6) is 13.8. The van der Waals surface area contributed by atoms with Crippen molar-refractivity contribution in [1.29, 1.82) is 0 Å². The summed E-state index contributed by atoms with van der Waals surface area (Å²) in [6.07, 6.45) is 51.6. The van der Waals surface area contributed by atoms with E-state index in [1.165, 1.54) is 34.5 Å². The summed E-state index contributed by atoms with van der Waals surface area (Å²) in [6.45, 7) is 78.9. The van der Waals surface area contributed by atoms with Crippen LogP contribution in [0.1, 0.15) is 291 Å². The summed E-state index contributed by atoms with van der Waals surface area (Å²) >= 11 is 2.95. The lowest BCUT2D eigenvalue weighted by atomic mass is 9.74. The Bertz CT molecular complexity index is 4140. The maximum absolute atomic E-state index is 11.4. The molecule has 0 N–H and O–H groups in total. The van der Waals surface area contributed by atoms with Gasteiger partial charge in [0.1, 0.15) is 17.2 Å². The zero-order valence-corrected chi connectivity index (χ0v) is 75.6. The first kappa shape index (κ1) is 100. The Balaban J connectivity index is 0.000000617. The van der Waals surface area contributed by atoms with Crippen LogP contribution in [-0.4, -0.2) is 93.3 Å².